The molecule has 1 amide bonds. The molecule has 1 spiro atoms. The molecule has 2 aliphatic rings. The van der Waals surface area contributed by atoms with Crippen molar-refractivity contribution in [3.8, 4) is 17.6 Å². The Bertz CT molecular complexity index is 1340. The van der Waals surface area contributed by atoms with Gasteiger partial charge in [0.15, 0.2) is 5.82 Å². The van der Waals surface area contributed by atoms with Gasteiger partial charge in [-0.2, -0.15) is 0 Å². The second-order valence-corrected chi connectivity index (χ2v) is 9.37. The topological polar surface area (TPSA) is 128 Å². The van der Waals surface area contributed by atoms with Crippen LogP contribution in [0.5, 0.6) is 5.75 Å². The van der Waals surface area contributed by atoms with Crippen molar-refractivity contribution in [2.24, 2.45) is 16.9 Å². The minimum Gasteiger partial charge on any atom is -0.481 e. The molecule has 0 saturated carbocycles. The SMILES string of the molecule is NC(=O)c1cccc(OCC#Cc2cnc(N3CCC4(CC3)Cc3ccccc3[C@H]4N)c(CO)n2)c1. The normalized spacial score (nSPS) is 17.8. The van der Waals surface area contributed by atoms with Crippen LogP contribution in [-0.4, -0.2) is 40.7 Å². The third-order valence-corrected chi connectivity index (χ3v) is 7.27. The lowest BCUT2D eigenvalue weighted by Gasteiger charge is -2.42. The van der Waals surface area contributed by atoms with Crippen LogP contribution in [0.15, 0.2) is 54.7 Å². The number of nitrogens with two attached hydrogens (primary N) is 2. The summed E-state index contributed by atoms with van der Waals surface area (Å²) in [5.74, 6) is 6.51. The summed E-state index contributed by atoms with van der Waals surface area (Å²) >= 11 is 0. The molecule has 1 aromatic heterocycles. The molecule has 184 valence electrons. The molecular weight excluding hydrogens is 454 g/mol. The first-order valence-electron chi connectivity index (χ1n) is 12.1. The van der Waals surface area contributed by atoms with E-state index in [0.29, 0.717) is 28.5 Å². The van der Waals surface area contributed by atoms with E-state index in [1.807, 2.05) is 0 Å². The van der Waals surface area contributed by atoms with E-state index in [1.165, 1.54) is 11.1 Å². The molecule has 5 N–H and O–H groups in total. The predicted octanol–water partition coefficient (Wildman–Crippen LogP) is 2.34. The number of rotatable bonds is 5. The Labute approximate surface area is 210 Å². The van der Waals surface area contributed by atoms with Crippen LogP contribution in [0.4, 0.5) is 5.82 Å². The Morgan fingerprint density at radius 2 is 2.00 bits per heavy atom. The highest BCUT2D eigenvalue weighted by Gasteiger charge is 2.46. The van der Waals surface area contributed by atoms with Crippen molar-refractivity contribution in [1.29, 1.82) is 0 Å². The molecule has 36 heavy (non-hydrogen) atoms. The van der Waals surface area contributed by atoms with Crippen LogP contribution in [0.25, 0.3) is 0 Å². The van der Waals surface area contributed by atoms with Crippen molar-refractivity contribution < 1.29 is 14.6 Å². The molecular formula is C28H29N5O3. The van der Waals surface area contributed by atoms with E-state index in [-0.39, 0.29) is 24.7 Å². The van der Waals surface area contributed by atoms with Crippen molar-refractivity contribution in [2.75, 3.05) is 24.6 Å². The van der Waals surface area contributed by atoms with Crippen LogP contribution in [0.1, 0.15) is 51.8 Å². The minimum atomic E-state index is -0.515. The van der Waals surface area contributed by atoms with Gasteiger partial charge in [-0.15, -0.1) is 0 Å². The zero-order valence-corrected chi connectivity index (χ0v) is 20.0. The number of hydrogen-bond donors (Lipinski definition) is 3. The Kier molecular flexibility index (Phi) is 6.59. The lowest BCUT2D eigenvalue weighted by Crippen LogP contribution is -2.45. The smallest absolute Gasteiger partial charge is 0.248 e. The number of carbonyl (C=O) groups excluding carboxylic acids is 1. The van der Waals surface area contributed by atoms with Crippen LogP contribution in [0.2, 0.25) is 0 Å². The third-order valence-electron chi connectivity index (χ3n) is 7.27. The maximum Gasteiger partial charge on any atom is 0.248 e. The highest BCUT2D eigenvalue weighted by atomic mass is 16.5. The monoisotopic (exact) mass is 483 g/mol. The second-order valence-electron chi connectivity index (χ2n) is 9.37. The second kappa shape index (κ2) is 9.97. The molecule has 0 bridgehead atoms. The number of hydrogen-bond acceptors (Lipinski definition) is 7. The molecule has 1 saturated heterocycles. The molecule has 1 aliphatic carbocycles. The standard InChI is InChI=1S/C28H29N5O3/c29-25-23-9-2-1-5-20(23)16-28(25)10-12-33(13-11-28)27-24(18-34)32-21(17-31-27)7-4-14-36-22-8-3-6-19(15-22)26(30)35/h1-3,5-6,8-9,15,17,25,34H,10-14,16,18,29H2,(H2,30,35)/t25-/m1/s1. The van der Waals surface area contributed by atoms with Gasteiger partial charge in [-0.1, -0.05) is 36.3 Å². The Morgan fingerprint density at radius 3 is 2.75 bits per heavy atom. The summed E-state index contributed by atoms with van der Waals surface area (Å²) in [5.41, 5.74) is 16.0. The summed E-state index contributed by atoms with van der Waals surface area (Å²) in [6.07, 6.45) is 4.56. The van der Waals surface area contributed by atoms with Gasteiger partial charge in [0, 0.05) is 24.7 Å². The molecule has 5 rings (SSSR count). The minimum absolute atomic E-state index is 0.0531. The Hall–Kier alpha value is -3.93. The maximum atomic E-state index is 11.3. The number of amides is 1. The molecule has 1 fully saturated rings. The third kappa shape index (κ3) is 4.63. The van der Waals surface area contributed by atoms with Gasteiger partial charge in [-0.25, -0.2) is 9.97 Å². The number of piperidine rings is 1. The lowest BCUT2D eigenvalue weighted by atomic mass is 9.73. The van der Waals surface area contributed by atoms with E-state index in [9.17, 15) is 9.90 Å². The number of nitrogens with zero attached hydrogens (tertiary/aromatic N) is 3. The van der Waals surface area contributed by atoms with Crippen molar-refractivity contribution in [3.05, 3.63) is 82.8 Å². The van der Waals surface area contributed by atoms with Gasteiger partial charge in [0.05, 0.1) is 12.8 Å². The lowest BCUT2D eigenvalue weighted by molar-refractivity contribution is 0.1000. The summed E-state index contributed by atoms with van der Waals surface area (Å²) in [6.45, 7) is 1.51. The van der Waals surface area contributed by atoms with E-state index in [2.05, 4.69) is 51.0 Å². The molecule has 0 unspecified atom stereocenters. The number of benzene rings is 2. The number of primary amides is 1. The number of aliphatic hydroxyl groups excluding tert-OH is 1. The van der Waals surface area contributed by atoms with E-state index in [1.54, 1.807) is 30.5 Å². The Morgan fingerprint density at radius 1 is 1.19 bits per heavy atom. The van der Waals surface area contributed by atoms with Crippen LogP contribution in [-0.2, 0) is 13.0 Å². The summed E-state index contributed by atoms with van der Waals surface area (Å²) in [5, 5.41) is 9.97. The van der Waals surface area contributed by atoms with Gasteiger partial charge in [-0.05, 0) is 59.9 Å². The van der Waals surface area contributed by atoms with Crippen LogP contribution in [0.3, 0.4) is 0 Å². The predicted molar refractivity (Wildman–Crippen MR) is 136 cm³/mol. The summed E-state index contributed by atoms with van der Waals surface area (Å²) < 4.78 is 5.57. The van der Waals surface area contributed by atoms with E-state index >= 15 is 0 Å². The number of anilines is 1. The molecule has 1 aliphatic heterocycles. The molecule has 3 aromatic rings. The summed E-state index contributed by atoms with van der Waals surface area (Å²) in [4.78, 5) is 22.6. The molecule has 8 heteroatoms. The highest BCUT2D eigenvalue weighted by Crippen LogP contribution is 2.50. The van der Waals surface area contributed by atoms with Gasteiger partial charge < -0.3 is 26.2 Å². The van der Waals surface area contributed by atoms with Crippen LogP contribution >= 0.6 is 0 Å². The van der Waals surface area contributed by atoms with Gasteiger partial charge >= 0.3 is 0 Å². The van der Waals surface area contributed by atoms with Crippen molar-refractivity contribution in [2.45, 2.75) is 31.9 Å². The number of ether oxygens (including phenoxy) is 1. The largest absolute Gasteiger partial charge is 0.481 e. The van der Waals surface area contributed by atoms with Crippen LogP contribution in [0, 0.1) is 17.3 Å². The first-order valence-corrected chi connectivity index (χ1v) is 12.1. The molecule has 8 nitrogen and oxygen atoms in total. The first-order chi connectivity index (χ1) is 17.5. The van der Waals surface area contributed by atoms with Gasteiger partial charge in [0.25, 0.3) is 0 Å². The van der Waals surface area contributed by atoms with E-state index in [0.717, 1.165) is 32.4 Å². The molecule has 2 aromatic carbocycles. The zero-order valence-electron chi connectivity index (χ0n) is 20.0. The average molecular weight is 484 g/mol. The average Bonchev–Trinajstić information content (AvgIpc) is 3.18. The van der Waals surface area contributed by atoms with Gasteiger partial charge in [-0.3, -0.25) is 4.79 Å². The van der Waals surface area contributed by atoms with Crippen molar-refractivity contribution >= 4 is 11.7 Å². The number of aliphatic hydroxyl groups is 1. The fourth-order valence-electron chi connectivity index (χ4n) is 5.31. The zero-order chi connectivity index (χ0) is 25.1. The molecule has 2 heterocycles. The number of carbonyl (C=O) groups is 1. The number of aromatic nitrogens is 2. The highest BCUT2D eigenvalue weighted by molar-refractivity contribution is 5.93. The van der Waals surface area contributed by atoms with Gasteiger partial charge in [0.1, 0.15) is 23.7 Å². The quantitative estimate of drug-likeness (QED) is 0.475. The first kappa shape index (κ1) is 23.8. The van der Waals surface area contributed by atoms with Crippen molar-refractivity contribution in [1.82, 2.24) is 9.97 Å². The molecule has 0 radical (unpaired) electrons. The Balaban J connectivity index is 1.22. The number of fused-ring (bicyclic) bond motifs is 1. The fourth-order valence-corrected chi connectivity index (χ4v) is 5.31. The summed E-state index contributed by atoms with van der Waals surface area (Å²) in [6, 6.07) is 15.2. The van der Waals surface area contributed by atoms with Crippen molar-refractivity contribution in [3.63, 3.8) is 0 Å². The summed E-state index contributed by atoms with van der Waals surface area (Å²) in [7, 11) is 0. The van der Waals surface area contributed by atoms with Gasteiger partial charge in [0.2, 0.25) is 5.91 Å². The molecule has 1 atom stereocenters. The van der Waals surface area contributed by atoms with E-state index in [4.69, 9.17) is 16.2 Å². The van der Waals surface area contributed by atoms with Crippen LogP contribution < -0.4 is 21.1 Å². The van der Waals surface area contributed by atoms with E-state index < -0.39 is 5.91 Å². The fraction of sp³-hybridized carbons (Fsp3) is 0.321. The maximum absolute atomic E-state index is 11.3.